The van der Waals surface area contributed by atoms with Crippen LogP contribution in [0.4, 0.5) is 0 Å². The predicted molar refractivity (Wildman–Crippen MR) is 81.2 cm³/mol. The largest absolute Gasteiger partial charge is 0.377 e. The molecular formula is C17H28N2O. The molecule has 3 atom stereocenters. The molecule has 0 radical (unpaired) electrons. The Labute approximate surface area is 123 Å². The third-order valence-corrected chi connectivity index (χ3v) is 5.91. The van der Waals surface area contributed by atoms with Crippen molar-refractivity contribution in [3.63, 3.8) is 0 Å². The summed E-state index contributed by atoms with van der Waals surface area (Å²) in [6.07, 6.45) is 11.0. The molecular weight excluding hydrogens is 248 g/mol. The first-order valence-electron chi connectivity index (χ1n) is 8.05. The highest BCUT2D eigenvalue weighted by molar-refractivity contribution is 5.21. The Hall–Kier alpha value is -0.560. The van der Waals surface area contributed by atoms with Crippen molar-refractivity contribution < 1.29 is 4.74 Å². The van der Waals surface area contributed by atoms with Crippen molar-refractivity contribution >= 4 is 0 Å². The lowest BCUT2D eigenvalue weighted by atomic mass is 9.46. The van der Waals surface area contributed by atoms with Gasteiger partial charge in [-0.2, -0.15) is 0 Å². The number of terminal acetylenes is 1. The third kappa shape index (κ3) is 2.19. The third-order valence-electron chi connectivity index (χ3n) is 5.91. The highest BCUT2D eigenvalue weighted by Gasteiger charge is 2.66. The summed E-state index contributed by atoms with van der Waals surface area (Å²) in [7, 11) is 0. The highest BCUT2D eigenvalue weighted by atomic mass is 16.5. The average Bonchev–Trinajstić information content (AvgIpc) is 3.23. The number of nitrogens with two attached hydrogens (primary N) is 1. The molecule has 3 rings (SSSR count). The minimum Gasteiger partial charge on any atom is -0.377 e. The first kappa shape index (κ1) is 14.4. The van der Waals surface area contributed by atoms with Crippen LogP contribution in [-0.4, -0.2) is 42.8 Å². The Balaban J connectivity index is 1.71. The van der Waals surface area contributed by atoms with Crippen molar-refractivity contribution in [1.29, 1.82) is 0 Å². The second kappa shape index (κ2) is 5.02. The van der Waals surface area contributed by atoms with Crippen LogP contribution in [0.1, 0.15) is 39.5 Å². The van der Waals surface area contributed by atoms with E-state index in [0.29, 0.717) is 12.0 Å². The van der Waals surface area contributed by atoms with E-state index in [1.165, 1.54) is 19.3 Å². The molecule has 0 aromatic heterocycles. The summed E-state index contributed by atoms with van der Waals surface area (Å²) >= 11 is 0. The second-order valence-electron chi connectivity index (χ2n) is 7.62. The molecule has 2 saturated carbocycles. The van der Waals surface area contributed by atoms with Crippen LogP contribution in [0.3, 0.4) is 0 Å². The Morgan fingerprint density at radius 2 is 2.10 bits per heavy atom. The molecule has 0 amide bonds. The summed E-state index contributed by atoms with van der Waals surface area (Å²) in [5.74, 6) is 4.17. The summed E-state index contributed by atoms with van der Waals surface area (Å²) in [5, 5.41) is 0. The molecule has 0 spiro atoms. The fourth-order valence-electron chi connectivity index (χ4n) is 4.34. The molecule has 112 valence electrons. The molecule has 1 saturated heterocycles. The minimum absolute atomic E-state index is 0.0501. The van der Waals surface area contributed by atoms with E-state index in [1.54, 1.807) is 0 Å². The van der Waals surface area contributed by atoms with E-state index in [2.05, 4.69) is 24.7 Å². The van der Waals surface area contributed by atoms with Crippen molar-refractivity contribution in [2.75, 3.05) is 26.2 Å². The number of nitrogens with zero attached hydrogens (tertiary/aromatic N) is 1. The van der Waals surface area contributed by atoms with Crippen LogP contribution < -0.4 is 5.73 Å². The van der Waals surface area contributed by atoms with Crippen LogP contribution in [-0.2, 0) is 4.74 Å². The van der Waals surface area contributed by atoms with Crippen LogP contribution in [0.5, 0.6) is 0 Å². The zero-order valence-electron chi connectivity index (χ0n) is 12.9. The van der Waals surface area contributed by atoms with Gasteiger partial charge < -0.3 is 10.5 Å². The summed E-state index contributed by atoms with van der Waals surface area (Å²) in [6.45, 7) is 8.21. The predicted octanol–water partition coefficient (Wildman–Crippen LogP) is 1.86. The van der Waals surface area contributed by atoms with E-state index in [9.17, 15) is 0 Å². The van der Waals surface area contributed by atoms with Crippen molar-refractivity contribution in [2.24, 2.45) is 23.0 Å². The Morgan fingerprint density at radius 3 is 2.75 bits per heavy atom. The van der Waals surface area contributed by atoms with Gasteiger partial charge in [-0.15, -0.1) is 6.42 Å². The molecule has 3 fully saturated rings. The van der Waals surface area contributed by atoms with Crippen LogP contribution in [0, 0.1) is 29.6 Å². The normalized spacial score (nSPS) is 39.0. The summed E-state index contributed by atoms with van der Waals surface area (Å²) < 4.78 is 5.98. The molecule has 2 aliphatic carbocycles. The monoisotopic (exact) mass is 276 g/mol. The maximum atomic E-state index is 6.87. The highest BCUT2D eigenvalue weighted by Crippen LogP contribution is 2.57. The van der Waals surface area contributed by atoms with Crippen molar-refractivity contribution in [3.8, 4) is 12.3 Å². The molecule has 3 nitrogen and oxygen atoms in total. The molecule has 2 N–H and O–H groups in total. The first-order chi connectivity index (χ1) is 9.49. The molecule has 20 heavy (non-hydrogen) atoms. The number of fused-ring (bicyclic) bond motifs is 1. The lowest BCUT2D eigenvalue weighted by Crippen LogP contribution is -2.80. The van der Waals surface area contributed by atoms with Gasteiger partial charge in [0.2, 0.25) is 0 Å². The molecule has 3 heteroatoms. The Kier molecular flexibility index (Phi) is 3.61. The van der Waals surface area contributed by atoms with Gasteiger partial charge in [-0.05, 0) is 31.6 Å². The zero-order chi connectivity index (χ0) is 14.4. The van der Waals surface area contributed by atoms with E-state index < -0.39 is 0 Å². The summed E-state index contributed by atoms with van der Waals surface area (Å²) in [5.41, 5.74) is 6.77. The second-order valence-corrected chi connectivity index (χ2v) is 7.62. The van der Waals surface area contributed by atoms with Crippen LogP contribution in [0.15, 0.2) is 0 Å². The van der Waals surface area contributed by atoms with Crippen molar-refractivity contribution in [2.45, 2.75) is 51.2 Å². The maximum absolute atomic E-state index is 6.87. The van der Waals surface area contributed by atoms with Gasteiger partial charge in [0.25, 0.3) is 0 Å². The summed E-state index contributed by atoms with van der Waals surface area (Å²) in [4.78, 5) is 2.41. The van der Waals surface area contributed by atoms with Gasteiger partial charge in [0.05, 0.1) is 12.6 Å². The van der Waals surface area contributed by atoms with Crippen LogP contribution >= 0.6 is 0 Å². The topological polar surface area (TPSA) is 38.5 Å². The SMILES string of the molecule is C#CCN(CC1CC1)CC1(N)C2CCCOC2C1(C)C. The van der Waals surface area contributed by atoms with E-state index in [1.807, 2.05) is 0 Å². The number of hydrogen-bond acceptors (Lipinski definition) is 3. The molecule has 0 bridgehead atoms. The van der Waals surface area contributed by atoms with Crippen LogP contribution in [0.2, 0.25) is 0 Å². The lowest BCUT2D eigenvalue weighted by Gasteiger charge is -2.67. The van der Waals surface area contributed by atoms with E-state index in [4.69, 9.17) is 16.9 Å². The van der Waals surface area contributed by atoms with Gasteiger partial charge in [0, 0.05) is 36.6 Å². The summed E-state index contributed by atoms with van der Waals surface area (Å²) in [6, 6.07) is 0. The number of ether oxygens (including phenoxy) is 1. The van der Waals surface area contributed by atoms with E-state index >= 15 is 0 Å². The molecule has 1 heterocycles. The molecule has 3 aliphatic rings. The van der Waals surface area contributed by atoms with Gasteiger partial charge in [-0.25, -0.2) is 0 Å². The van der Waals surface area contributed by atoms with Crippen molar-refractivity contribution in [3.05, 3.63) is 0 Å². The number of rotatable bonds is 5. The fraction of sp³-hybridized carbons (Fsp3) is 0.882. The van der Waals surface area contributed by atoms with Gasteiger partial charge >= 0.3 is 0 Å². The smallest absolute Gasteiger partial charge is 0.0690 e. The lowest BCUT2D eigenvalue weighted by molar-refractivity contribution is -0.231. The fourth-order valence-corrected chi connectivity index (χ4v) is 4.34. The Bertz CT molecular complexity index is 410. The van der Waals surface area contributed by atoms with Gasteiger partial charge in [-0.3, -0.25) is 4.90 Å². The van der Waals surface area contributed by atoms with E-state index in [0.717, 1.165) is 38.6 Å². The van der Waals surface area contributed by atoms with Gasteiger partial charge in [-0.1, -0.05) is 19.8 Å². The minimum atomic E-state index is -0.149. The molecule has 1 aliphatic heterocycles. The maximum Gasteiger partial charge on any atom is 0.0690 e. The van der Waals surface area contributed by atoms with Gasteiger partial charge in [0.1, 0.15) is 0 Å². The van der Waals surface area contributed by atoms with Crippen molar-refractivity contribution in [1.82, 2.24) is 4.90 Å². The number of hydrogen-bond donors (Lipinski definition) is 1. The average molecular weight is 276 g/mol. The first-order valence-corrected chi connectivity index (χ1v) is 8.05. The molecule has 0 aromatic carbocycles. The quantitative estimate of drug-likeness (QED) is 0.779. The standard InChI is InChI=1S/C17H28N2O/c1-4-9-19(11-13-7-8-13)12-17(18)14-6-5-10-20-15(14)16(17,2)3/h1,13-15H,5-12,18H2,2-3H3. The van der Waals surface area contributed by atoms with Gasteiger partial charge in [0.15, 0.2) is 0 Å². The molecule has 3 unspecified atom stereocenters. The van der Waals surface area contributed by atoms with E-state index in [-0.39, 0.29) is 11.0 Å². The zero-order valence-corrected chi connectivity index (χ0v) is 12.9. The Morgan fingerprint density at radius 1 is 1.35 bits per heavy atom. The van der Waals surface area contributed by atoms with Crippen LogP contribution in [0.25, 0.3) is 0 Å². The molecule has 0 aromatic rings.